The molecule has 0 heterocycles. The number of aromatic carboxylic acids is 1. The summed E-state index contributed by atoms with van der Waals surface area (Å²) in [6.07, 6.45) is 4.95. The SMILES string of the molecule is O=C(O)c1ccc(NC(=O)C(O)c2ccc(OCC3CCCCC3)cc2)cc1. The van der Waals surface area contributed by atoms with E-state index in [1.807, 2.05) is 0 Å². The Morgan fingerprint density at radius 3 is 2.25 bits per heavy atom. The van der Waals surface area contributed by atoms with Crippen molar-refractivity contribution in [3.8, 4) is 5.75 Å². The van der Waals surface area contributed by atoms with Crippen molar-refractivity contribution in [2.45, 2.75) is 38.2 Å². The molecule has 1 aliphatic carbocycles. The highest BCUT2D eigenvalue weighted by Gasteiger charge is 2.18. The third-order valence-electron chi connectivity index (χ3n) is 5.05. The molecule has 2 aromatic carbocycles. The van der Waals surface area contributed by atoms with Crippen molar-refractivity contribution in [2.24, 2.45) is 5.92 Å². The molecule has 0 saturated heterocycles. The van der Waals surface area contributed by atoms with E-state index in [1.165, 1.54) is 56.4 Å². The molecule has 0 spiro atoms. The first kappa shape index (κ1) is 19.9. The van der Waals surface area contributed by atoms with E-state index in [2.05, 4.69) is 5.32 Å². The van der Waals surface area contributed by atoms with Gasteiger partial charge in [0.15, 0.2) is 6.10 Å². The van der Waals surface area contributed by atoms with Crippen LogP contribution in [0.1, 0.15) is 54.1 Å². The van der Waals surface area contributed by atoms with Gasteiger partial charge in [0.1, 0.15) is 5.75 Å². The zero-order valence-electron chi connectivity index (χ0n) is 15.6. The molecular weight excluding hydrogens is 358 g/mol. The summed E-state index contributed by atoms with van der Waals surface area (Å²) in [4.78, 5) is 23.1. The van der Waals surface area contributed by atoms with Crippen molar-refractivity contribution in [1.82, 2.24) is 0 Å². The van der Waals surface area contributed by atoms with Crippen LogP contribution in [0.15, 0.2) is 48.5 Å². The molecule has 1 aliphatic rings. The molecule has 6 heteroatoms. The van der Waals surface area contributed by atoms with Gasteiger partial charge in [0, 0.05) is 5.69 Å². The molecule has 0 aromatic heterocycles. The first-order valence-corrected chi connectivity index (χ1v) is 9.58. The third kappa shape index (κ3) is 5.33. The summed E-state index contributed by atoms with van der Waals surface area (Å²) in [7, 11) is 0. The van der Waals surface area contributed by atoms with Gasteiger partial charge in [0.2, 0.25) is 0 Å². The molecule has 3 N–H and O–H groups in total. The Kier molecular flexibility index (Phi) is 6.66. The number of hydrogen-bond acceptors (Lipinski definition) is 4. The molecule has 1 unspecified atom stereocenters. The Morgan fingerprint density at radius 2 is 1.64 bits per heavy atom. The maximum absolute atomic E-state index is 12.2. The summed E-state index contributed by atoms with van der Waals surface area (Å²) in [6.45, 7) is 0.703. The molecule has 2 aromatic rings. The zero-order chi connectivity index (χ0) is 19.9. The fourth-order valence-electron chi connectivity index (χ4n) is 3.37. The van der Waals surface area contributed by atoms with Gasteiger partial charge in [0.25, 0.3) is 5.91 Å². The van der Waals surface area contributed by atoms with E-state index in [0.717, 1.165) is 5.75 Å². The zero-order valence-corrected chi connectivity index (χ0v) is 15.6. The maximum atomic E-state index is 12.2. The normalized spacial score (nSPS) is 15.6. The van der Waals surface area contributed by atoms with Crippen LogP contribution in [0.3, 0.4) is 0 Å². The largest absolute Gasteiger partial charge is 0.493 e. The van der Waals surface area contributed by atoms with Gasteiger partial charge in [-0.05, 0) is 60.7 Å². The quantitative estimate of drug-likeness (QED) is 0.671. The maximum Gasteiger partial charge on any atom is 0.335 e. The predicted octanol–water partition coefficient (Wildman–Crippen LogP) is 4.02. The van der Waals surface area contributed by atoms with Crippen molar-refractivity contribution < 1.29 is 24.5 Å². The first-order chi connectivity index (χ1) is 13.5. The predicted molar refractivity (Wildman–Crippen MR) is 106 cm³/mol. The highest BCUT2D eigenvalue weighted by Crippen LogP contribution is 2.25. The van der Waals surface area contributed by atoms with Crippen LogP contribution in [-0.4, -0.2) is 28.7 Å². The second-order valence-electron chi connectivity index (χ2n) is 7.16. The number of hydrogen-bond donors (Lipinski definition) is 3. The number of anilines is 1. The fourth-order valence-corrected chi connectivity index (χ4v) is 3.37. The van der Waals surface area contributed by atoms with Crippen molar-refractivity contribution in [2.75, 3.05) is 11.9 Å². The lowest BCUT2D eigenvalue weighted by Gasteiger charge is -2.21. The summed E-state index contributed by atoms with van der Waals surface area (Å²) < 4.78 is 5.84. The van der Waals surface area contributed by atoms with E-state index in [-0.39, 0.29) is 5.56 Å². The third-order valence-corrected chi connectivity index (χ3v) is 5.05. The Labute approximate surface area is 164 Å². The van der Waals surface area contributed by atoms with Crippen LogP contribution in [0.2, 0.25) is 0 Å². The van der Waals surface area contributed by atoms with Crippen LogP contribution < -0.4 is 10.1 Å². The smallest absolute Gasteiger partial charge is 0.335 e. The summed E-state index contributed by atoms with van der Waals surface area (Å²) in [5, 5.41) is 21.7. The number of nitrogens with one attached hydrogen (secondary N) is 1. The number of carboxylic acid groups (broad SMARTS) is 1. The number of carbonyl (C=O) groups is 2. The van der Waals surface area contributed by atoms with E-state index >= 15 is 0 Å². The molecule has 1 saturated carbocycles. The number of carboxylic acids is 1. The molecule has 0 radical (unpaired) electrons. The van der Waals surface area contributed by atoms with Gasteiger partial charge in [-0.3, -0.25) is 4.79 Å². The van der Waals surface area contributed by atoms with Gasteiger partial charge in [-0.2, -0.15) is 0 Å². The number of amides is 1. The van der Waals surface area contributed by atoms with Gasteiger partial charge < -0.3 is 20.3 Å². The minimum Gasteiger partial charge on any atom is -0.493 e. The van der Waals surface area contributed by atoms with E-state index in [9.17, 15) is 14.7 Å². The lowest BCUT2D eigenvalue weighted by atomic mass is 9.90. The summed E-state index contributed by atoms with van der Waals surface area (Å²) >= 11 is 0. The molecule has 1 fully saturated rings. The Morgan fingerprint density at radius 1 is 1.00 bits per heavy atom. The molecule has 1 amide bonds. The van der Waals surface area contributed by atoms with Crippen molar-refractivity contribution in [1.29, 1.82) is 0 Å². The van der Waals surface area contributed by atoms with Crippen LogP contribution in [0.5, 0.6) is 5.75 Å². The monoisotopic (exact) mass is 383 g/mol. The number of aliphatic hydroxyl groups excluding tert-OH is 1. The molecule has 6 nitrogen and oxygen atoms in total. The molecule has 28 heavy (non-hydrogen) atoms. The second kappa shape index (κ2) is 9.37. The van der Waals surface area contributed by atoms with Gasteiger partial charge in [-0.15, -0.1) is 0 Å². The van der Waals surface area contributed by atoms with Crippen LogP contribution in [-0.2, 0) is 4.79 Å². The highest BCUT2D eigenvalue weighted by atomic mass is 16.5. The van der Waals surface area contributed by atoms with Gasteiger partial charge in [0.05, 0.1) is 12.2 Å². The van der Waals surface area contributed by atoms with Crippen LogP contribution >= 0.6 is 0 Å². The van der Waals surface area contributed by atoms with Crippen molar-refractivity contribution in [3.05, 3.63) is 59.7 Å². The Balaban J connectivity index is 1.53. The minimum atomic E-state index is -1.33. The molecule has 0 bridgehead atoms. The molecule has 3 rings (SSSR count). The number of rotatable bonds is 7. The van der Waals surface area contributed by atoms with Crippen molar-refractivity contribution >= 4 is 17.6 Å². The Bertz CT molecular complexity index is 795. The summed E-state index contributed by atoms with van der Waals surface area (Å²) in [6, 6.07) is 12.6. The topological polar surface area (TPSA) is 95.9 Å². The summed E-state index contributed by atoms with van der Waals surface area (Å²) in [5.74, 6) is -0.286. The molecule has 148 valence electrons. The highest BCUT2D eigenvalue weighted by molar-refractivity contribution is 5.95. The van der Waals surface area contributed by atoms with Gasteiger partial charge in [-0.25, -0.2) is 4.79 Å². The lowest BCUT2D eigenvalue weighted by molar-refractivity contribution is -0.124. The molecule has 1 atom stereocenters. The first-order valence-electron chi connectivity index (χ1n) is 9.58. The molecular formula is C22H25NO5. The van der Waals surface area contributed by atoms with E-state index in [1.54, 1.807) is 24.3 Å². The fraction of sp³-hybridized carbons (Fsp3) is 0.364. The average Bonchev–Trinajstić information content (AvgIpc) is 2.73. The van der Waals surface area contributed by atoms with E-state index in [4.69, 9.17) is 9.84 Å². The number of ether oxygens (including phenoxy) is 1. The summed E-state index contributed by atoms with van der Waals surface area (Å²) in [5.41, 5.74) is 1.01. The number of carbonyl (C=O) groups excluding carboxylic acids is 1. The molecule has 0 aliphatic heterocycles. The van der Waals surface area contributed by atoms with Gasteiger partial charge in [-0.1, -0.05) is 31.4 Å². The lowest BCUT2D eigenvalue weighted by Crippen LogP contribution is -2.20. The van der Waals surface area contributed by atoms with E-state index < -0.39 is 18.0 Å². The standard InChI is InChI=1S/C22H25NO5/c24-20(21(25)23-18-10-6-17(7-11-18)22(26)27)16-8-12-19(13-9-16)28-14-15-4-2-1-3-5-15/h6-13,15,20,24H,1-5,14H2,(H,23,25)(H,26,27). The van der Waals surface area contributed by atoms with Crippen LogP contribution in [0.25, 0.3) is 0 Å². The average molecular weight is 383 g/mol. The number of benzene rings is 2. The van der Waals surface area contributed by atoms with Crippen molar-refractivity contribution in [3.63, 3.8) is 0 Å². The van der Waals surface area contributed by atoms with Crippen LogP contribution in [0.4, 0.5) is 5.69 Å². The van der Waals surface area contributed by atoms with E-state index in [0.29, 0.717) is 23.8 Å². The van der Waals surface area contributed by atoms with Gasteiger partial charge >= 0.3 is 5.97 Å². The Hall–Kier alpha value is -2.86. The second-order valence-corrected chi connectivity index (χ2v) is 7.16. The van der Waals surface area contributed by atoms with Crippen LogP contribution in [0, 0.1) is 5.92 Å². The minimum absolute atomic E-state index is 0.127. The number of aliphatic hydroxyl groups is 1.